The van der Waals surface area contributed by atoms with Crippen LogP contribution in [0.2, 0.25) is 0 Å². The molecular formula is C15H24O2Se. The topological polar surface area (TPSA) is 18.5 Å². The molecule has 2 heterocycles. The Bertz CT molecular complexity index is 327. The second-order valence-electron chi connectivity index (χ2n) is 5.38. The van der Waals surface area contributed by atoms with Gasteiger partial charge in [-0.25, -0.2) is 0 Å². The van der Waals surface area contributed by atoms with Gasteiger partial charge in [-0.1, -0.05) is 0 Å². The third-order valence-corrected chi connectivity index (χ3v) is 5.25. The molecule has 0 amide bonds. The van der Waals surface area contributed by atoms with E-state index in [1.807, 2.05) is 0 Å². The van der Waals surface area contributed by atoms with Gasteiger partial charge in [0, 0.05) is 0 Å². The summed E-state index contributed by atoms with van der Waals surface area (Å²) in [5.74, 6) is 2.01. The van der Waals surface area contributed by atoms with Crippen molar-refractivity contribution in [2.24, 2.45) is 5.41 Å². The predicted octanol–water partition coefficient (Wildman–Crippen LogP) is 3.88. The Labute approximate surface area is 116 Å². The molecule has 1 aliphatic rings. The van der Waals surface area contributed by atoms with Crippen LogP contribution in [0.5, 0.6) is 11.5 Å². The monoisotopic (exact) mass is 316 g/mol. The SMILES string of the molecule is CCCCC1(CCCC)COc2c[se]cc2OC1. The summed E-state index contributed by atoms with van der Waals surface area (Å²) in [5, 5.41) is 0. The van der Waals surface area contributed by atoms with Crippen LogP contribution in [0, 0.1) is 5.41 Å². The van der Waals surface area contributed by atoms with Crippen molar-refractivity contribution in [3.8, 4) is 11.5 Å². The van der Waals surface area contributed by atoms with Crippen LogP contribution in [-0.2, 0) is 0 Å². The van der Waals surface area contributed by atoms with Crippen molar-refractivity contribution in [2.75, 3.05) is 13.2 Å². The molecule has 18 heavy (non-hydrogen) atoms. The third-order valence-electron chi connectivity index (χ3n) is 3.78. The van der Waals surface area contributed by atoms with Gasteiger partial charge >= 0.3 is 116 Å². The zero-order valence-corrected chi connectivity index (χ0v) is 13.2. The van der Waals surface area contributed by atoms with Gasteiger partial charge in [-0.2, -0.15) is 0 Å². The molecule has 0 unspecified atom stereocenters. The fourth-order valence-corrected chi connectivity index (χ4v) is 3.94. The Morgan fingerprint density at radius 1 is 1.00 bits per heavy atom. The molecular weight excluding hydrogens is 291 g/mol. The Morgan fingerprint density at radius 3 is 1.94 bits per heavy atom. The third kappa shape index (κ3) is 3.33. The molecule has 0 saturated carbocycles. The first-order valence-electron chi connectivity index (χ1n) is 7.11. The molecule has 0 bridgehead atoms. The molecule has 0 spiro atoms. The fourth-order valence-electron chi connectivity index (χ4n) is 2.50. The number of fused-ring (bicyclic) bond motifs is 1. The molecule has 0 saturated heterocycles. The van der Waals surface area contributed by atoms with Crippen LogP contribution in [0.3, 0.4) is 0 Å². The van der Waals surface area contributed by atoms with Crippen molar-refractivity contribution in [2.45, 2.75) is 52.4 Å². The zero-order valence-electron chi connectivity index (χ0n) is 11.5. The first-order valence-corrected chi connectivity index (χ1v) is 9.09. The molecule has 2 rings (SSSR count). The second-order valence-corrected chi connectivity index (χ2v) is 6.94. The van der Waals surface area contributed by atoms with Crippen LogP contribution in [0.25, 0.3) is 0 Å². The molecule has 3 heteroatoms. The number of hydrogen-bond donors (Lipinski definition) is 0. The molecule has 2 nitrogen and oxygen atoms in total. The number of rotatable bonds is 6. The van der Waals surface area contributed by atoms with Gasteiger partial charge in [-0.3, -0.25) is 0 Å². The van der Waals surface area contributed by atoms with Crippen molar-refractivity contribution in [1.29, 1.82) is 0 Å². The first-order chi connectivity index (χ1) is 8.79. The molecule has 0 N–H and O–H groups in total. The van der Waals surface area contributed by atoms with E-state index < -0.39 is 0 Å². The van der Waals surface area contributed by atoms with Crippen LogP contribution in [-0.4, -0.2) is 27.7 Å². The maximum absolute atomic E-state index is 6.02. The first kappa shape index (κ1) is 14.0. The summed E-state index contributed by atoms with van der Waals surface area (Å²) in [6.45, 7) is 6.20. The molecule has 0 fully saturated rings. The minimum atomic E-state index is 0.241. The van der Waals surface area contributed by atoms with Gasteiger partial charge in [-0.05, 0) is 0 Å². The van der Waals surface area contributed by atoms with Crippen LogP contribution in [0.15, 0.2) is 9.88 Å². The molecule has 0 aliphatic carbocycles. The summed E-state index contributed by atoms with van der Waals surface area (Å²) >= 11 is 0.442. The normalized spacial score (nSPS) is 17.4. The summed E-state index contributed by atoms with van der Waals surface area (Å²) in [6.07, 6.45) is 7.52. The zero-order chi connectivity index (χ0) is 12.8. The van der Waals surface area contributed by atoms with E-state index in [1.165, 1.54) is 38.5 Å². The van der Waals surface area contributed by atoms with Gasteiger partial charge in [0.15, 0.2) is 0 Å². The van der Waals surface area contributed by atoms with Crippen LogP contribution < -0.4 is 9.47 Å². The van der Waals surface area contributed by atoms with E-state index in [0.717, 1.165) is 24.7 Å². The van der Waals surface area contributed by atoms with E-state index in [2.05, 4.69) is 23.7 Å². The maximum atomic E-state index is 6.02. The number of unbranched alkanes of at least 4 members (excludes halogenated alkanes) is 2. The van der Waals surface area contributed by atoms with E-state index in [-0.39, 0.29) is 5.41 Å². The summed E-state index contributed by atoms with van der Waals surface area (Å²) in [7, 11) is 0. The summed E-state index contributed by atoms with van der Waals surface area (Å²) < 4.78 is 12.0. The second kappa shape index (κ2) is 6.68. The van der Waals surface area contributed by atoms with Crippen LogP contribution in [0.4, 0.5) is 0 Å². The molecule has 1 aliphatic heterocycles. The van der Waals surface area contributed by atoms with Crippen molar-refractivity contribution >= 4 is 14.5 Å². The van der Waals surface area contributed by atoms with E-state index in [4.69, 9.17) is 9.47 Å². The molecule has 0 atom stereocenters. The fraction of sp³-hybridized carbons (Fsp3) is 0.733. The van der Waals surface area contributed by atoms with Crippen LogP contribution in [0.1, 0.15) is 52.4 Å². The van der Waals surface area contributed by atoms with Crippen molar-refractivity contribution < 1.29 is 9.47 Å². The van der Waals surface area contributed by atoms with Gasteiger partial charge in [-0.15, -0.1) is 0 Å². The van der Waals surface area contributed by atoms with E-state index in [0.29, 0.717) is 14.5 Å². The van der Waals surface area contributed by atoms with E-state index >= 15 is 0 Å². The quantitative estimate of drug-likeness (QED) is 0.742. The van der Waals surface area contributed by atoms with Crippen LogP contribution >= 0.6 is 0 Å². The van der Waals surface area contributed by atoms with Gasteiger partial charge in [0.05, 0.1) is 0 Å². The van der Waals surface area contributed by atoms with E-state index in [9.17, 15) is 0 Å². The predicted molar refractivity (Wildman–Crippen MR) is 75.9 cm³/mol. The standard InChI is InChI=1S/C15H24O2Se/c1-3-5-7-15(8-6-4-2)11-16-13-9-18-10-14(13)17-12-15/h9-10H,3-8,11-12H2,1-2H3. The summed E-state index contributed by atoms with van der Waals surface area (Å²) in [4.78, 5) is 4.39. The number of ether oxygens (including phenoxy) is 2. The molecule has 1 aromatic heterocycles. The van der Waals surface area contributed by atoms with Crippen molar-refractivity contribution in [3.05, 3.63) is 9.88 Å². The molecule has 0 aromatic carbocycles. The average Bonchev–Trinajstić information content (AvgIpc) is 2.78. The average molecular weight is 315 g/mol. The molecule has 0 radical (unpaired) electrons. The number of hydrogen-bond acceptors (Lipinski definition) is 2. The van der Waals surface area contributed by atoms with E-state index in [1.54, 1.807) is 0 Å². The Morgan fingerprint density at radius 2 is 1.50 bits per heavy atom. The Balaban J connectivity index is 2.03. The van der Waals surface area contributed by atoms with Gasteiger partial charge in [0.25, 0.3) is 0 Å². The molecule has 102 valence electrons. The Hall–Kier alpha value is -0.401. The van der Waals surface area contributed by atoms with Crippen molar-refractivity contribution in [1.82, 2.24) is 0 Å². The van der Waals surface area contributed by atoms with Crippen molar-refractivity contribution in [3.63, 3.8) is 0 Å². The summed E-state index contributed by atoms with van der Waals surface area (Å²) in [5.41, 5.74) is 0.241. The molecule has 1 aromatic rings. The summed E-state index contributed by atoms with van der Waals surface area (Å²) in [6, 6.07) is 0. The Kier molecular flexibility index (Phi) is 5.20. The van der Waals surface area contributed by atoms with Gasteiger partial charge in [0.1, 0.15) is 0 Å². The van der Waals surface area contributed by atoms with Gasteiger partial charge < -0.3 is 0 Å². The minimum absolute atomic E-state index is 0.241. The van der Waals surface area contributed by atoms with Gasteiger partial charge in [0.2, 0.25) is 0 Å².